The molecule has 0 aromatic rings. The fourth-order valence-electron chi connectivity index (χ4n) is 2.31. The lowest BCUT2D eigenvalue weighted by atomic mass is 10.0. The first-order valence-corrected chi connectivity index (χ1v) is 8.94. The van der Waals surface area contributed by atoms with E-state index >= 15 is 0 Å². The summed E-state index contributed by atoms with van der Waals surface area (Å²) in [7, 11) is 0. The van der Waals surface area contributed by atoms with Gasteiger partial charge in [0.1, 0.15) is 0 Å². The Morgan fingerprint density at radius 2 is 1.17 bits per heavy atom. The van der Waals surface area contributed by atoms with Crippen LogP contribution >= 0.6 is 0 Å². The molecule has 0 aromatic heterocycles. The molecule has 0 aliphatic rings. The van der Waals surface area contributed by atoms with Gasteiger partial charge in [-0.15, -0.1) is 0 Å². The van der Waals surface area contributed by atoms with E-state index in [1.165, 1.54) is 22.3 Å². The van der Waals surface area contributed by atoms with Crippen molar-refractivity contribution < 1.29 is 4.79 Å². The quantitative estimate of drug-likeness (QED) is 0.461. The van der Waals surface area contributed by atoms with Crippen LogP contribution in [-0.4, -0.2) is 12.6 Å². The van der Waals surface area contributed by atoms with Crippen molar-refractivity contribution in [3.05, 3.63) is 46.6 Å². The number of nitrogens with one attached hydrogen (secondary N) is 1. The van der Waals surface area contributed by atoms with Crippen LogP contribution in [0.1, 0.15) is 73.1 Å². The third-order valence-electron chi connectivity index (χ3n) is 3.88. The summed E-state index contributed by atoms with van der Waals surface area (Å²) in [5.74, 6) is 0. The van der Waals surface area contributed by atoms with E-state index in [9.17, 15) is 4.79 Å². The number of nitrogens with two attached hydrogens (primary N) is 1. The van der Waals surface area contributed by atoms with Gasteiger partial charge >= 0.3 is 6.03 Å². The van der Waals surface area contributed by atoms with Crippen LogP contribution in [0.25, 0.3) is 0 Å². The summed E-state index contributed by atoms with van der Waals surface area (Å²) >= 11 is 0. The SMILES string of the molecule is CC(C)=CCCC(C)=CCCC(C)=CCCC(C)=CCNC(N)=O. The maximum absolute atomic E-state index is 10.6. The molecule has 0 spiro atoms. The van der Waals surface area contributed by atoms with E-state index in [-0.39, 0.29) is 0 Å². The van der Waals surface area contributed by atoms with Gasteiger partial charge in [-0.1, -0.05) is 46.6 Å². The predicted octanol–water partition coefficient (Wildman–Crippen LogP) is 5.80. The normalized spacial score (nSPS) is 13.0. The molecule has 24 heavy (non-hydrogen) atoms. The Labute approximate surface area is 148 Å². The molecule has 0 bridgehead atoms. The lowest BCUT2D eigenvalue weighted by Gasteiger charge is -2.03. The number of urea groups is 1. The maximum atomic E-state index is 10.6. The molecule has 0 aromatic carbocycles. The van der Waals surface area contributed by atoms with E-state index in [1.807, 2.05) is 6.08 Å². The molecule has 0 radical (unpaired) electrons. The average molecular weight is 333 g/mol. The number of hydrogen-bond donors (Lipinski definition) is 2. The summed E-state index contributed by atoms with van der Waals surface area (Å²) in [6.07, 6.45) is 15.7. The number of primary amides is 1. The molecule has 0 rings (SSSR count). The Hall–Kier alpha value is -1.77. The highest BCUT2D eigenvalue weighted by molar-refractivity contribution is 5.71. The molecule has 3 heteroatoms. The summed E-state index contributed by atoms with van der Waals surface area (Å²) in [4.78, 5) is 10.6. The van der Waals surface area contributed by atoms with E-state index in [0.29, 0.717) is 6.54 Å². The average Bonchev–Trinajstić information content (AvgIpc) is 2.46. The maximum Gasteiger partial charge on any atom is 0.312 e. The Balaban J connectivity index is 3.98. The number of amides is 2. The first-order valence-electron chi connectivity index (χ1n) is 8.94. The molecular weight excluding hydrogens is 296 g/mol. The largest absolute Gasteiger partial charge is 0.352 e. The Bertz CT molecular complexity index is 492. The van der Waals surface area contributed by atoms with Crippen molar-refractivity contribution in [2.24, 2.45) is 5.73 Å². The highest BCUT2D eigenvalue weighted by Crippen LogP contribution is 2.13. The van der Waals surface area contributed by atoms with Crippen molar-refractivity contribution in [3.8, 4) is 0 Å². The monoisotopic (exact) mass is 332 g/mol. The zero-order valence-corrected chi connectivity index (χ0v) is 16.2. The molecule has 0 heterocycles. The van der Waals surface area contributed by atoms with E-state index in [2.05, 4.69) is 58.2 Å². The summed E-state index contributed by atoms with van der Waals surface area (Å²) in [6, 6.07) is -0.473. The second kappa shape index (κ2) is 13.6. The molecule has 0 atom stereocenters. The van der Waals surface area contributed by atoms with Crippen LogP contribution in [0.4, 0.5) is 4.79 Å². The molecule has 0 aliphatic heterocycles. The molecule has 0 saturated carbocycles. The topological polar surface area (TPSA) is 55.1 Å². The van der Waals surface area contributed by atoms with Crippen LogP contribution < -0.4 is 11.1 Å². The Kier molecular flexibility index (Phi) is 12.6. The second-order valence-corrected chi connectivity index (χ2v) is 6.79. The summed E-state index contributed by atoms with van der Waals surface area (Å²) < 4.78 is 0. The third kappa shape index (κ3) is 15.1. The van der Waals surface area contributed by atoms with Crippen molar-refractivity contribution in [2.45, 2.75) is 73.1 Å². The molecule has 3 N–H and O–H groups in total. The zero-order chi connectivity index (χ0) is 18.4. The molecule has 0 fully saturated rings. The number of rotatable bonds is 11. The van der Waals surface area contributed by atoms with Gasteiger partial charge < -0.3 is 11.1 Å². The zero-order valence-electron chi connectivity index (χ0n) is 16.2. The standard InChI is InChI=1S/C21H36N2O/c1-17(2)9-6-10-18(3)11-7-12-19(4)13-8-14-20(5)15-16-23-21(22)24/h9,11,13,15H,6-8,10,12,14,16H2,1-5H3,(H3,22,23,24). The predicted molar refractivity (Wildman–Crippen MR) is 106 cm³/mol. The van der Waals surface area contributed by atoms with E-state index in [0.717, 1.165) is 38.5 Å². The minimum atomic E-state index is -0.473. The number of carbonyl (C=O) groups is 1. The van der Waals surface area contributed by atoms with E-state index in [4.69, 9.17) is 5.73 Å². The second-order valence-electron chi connectivity index (χ2n) is 6.79. The molecule has 0 unspecified atom stereocenters. The van der Waals surface area contributed by atoms with Gasteiger partial charge in [0.05, 0.1) is 0 Å². The molecule has 0 aliphatic carbocycles. The van der Waals surface area contributed by atoms with Crippen LogP contribution in [-0.2, 0) is 0 Å². The summed E-state index contributed by atoms with van der Waals surface area (Å²) in [5, 5.41) is 2.57. The van der Waals surface area contributed by atoms with Crippen LogP contribution in [0.5, 0.6) is 0 Å². The highest BCUT2D eigenvalue weighted by atomic mass is 16.2. The van der Waals surface area contributed by atoms with Gasteiger partial charge in [-0.3, -0.25) is 0 Å². The molecule has 136 valence electrons. The lowest BCUT2D eigenvalue weighted by molar-refractivity contribution is 0.250. The molecule has 3 nitrogen and oxygen atoms in total. The molecule has 2 amide bonds. The Morgan fingerprint density at radius 3 is 1.58 bits per heavy atom. The minimum absolute atomic E-state index is 0.473. The van der Waals surface area contributed by atoms with Crippen LogP contribution in [0.3, 0.4) is 0 Å². The van der Waals surface area contributed by atoms with Crippen LogP contribution in [0.15, 0.2) is 46.6 Å². The fourth-order valence-corrected chi connectivity index (χ4v) is 2.31. The van der Waals surface area contributed by atoms with Crippen molar-refractivity contribution >= 4 is 6.03 Å². The Morgan fingerprint density at radius 1 is 0.750 bits per heavy atom. The highest BCUT2D eigenvalue weighted by Gasteiger charge is 1.94. The lowest BCUT2D eigenvalue weighted by Crippen LogP contribution is -2.29. The third-order valence-corrected chi connectivity index (χ3v) is 3.88. The molecule has 0 saturated heterocycles. The van der Waals surface area contributed by atoms with Gasteiger partial charge in [0.15, 0.2) is 0 Å². The van der Waals surface area contributed by atoms with E-state index < -0.39 is 6.03 Å². The number of hydrogen-bond acceptors (Lipinski definition) is 1. The van der Waals surface area contributed by atoms with Crippen molar-refractivity contribution in [3.63, 3.8) is 0 Å². The number of carbonyl (C=O) groups excluding carboxylic acids is 1. The van der Waals surface area contributed by atoms with Crippen molar-refractivity contribution in [1.29, 1.82) is 0 Å². The van der Waals surface area contributed by atoms with Crippen LogP contribution in [0, 0.1) is 0 Å². The number of allylic oxidation sites excluding steroid dienone is 7. The van der Waals surface area contributed by atoms with Crippen molar-refractivity contribution in [2.75, 3.05) is 6.54 Å². The van der Waals surface area contributed by atoms with Gasteiger partial charge in [-0.05, 0) is 73.1 Å². The minimum Gasteiger partial charge on any atom is -0.352 e. The van der Waals surface area contributed by atoms with E-state index in [1.54, 1.807) is 0 Å². The van der Waals surface area contributed by atoms with Gasteiger partial charge in [-0.2, -0.15) is 0 Å². The van der Waals surface area contributed by atoms with Crippen molar-refractivity contribution in [1.82, 2.24) is 5.32 Å². The first kappa shape index (κ1) is 22.2. The smallest absolute Gasteiger partial charge is 0.312 e. The summed E-state index contributed by atoms with van der Waals surface area (Å²) in [5.41, 5.74) is 10.6. The van der Waals surface area contributed by atoms with Gasteiger partial charge in [-0.25, -0.2) is 4.79 Å². The first-order chi connectivity index (χ1) is 11.3. The van der Waals surface area contributed by atoms with Gasteiger partial charge in [0.25, 0.3) is 0 Å². The van der Waals surface area contributed by atoms with Crippen LogP contribution in [0.2, 0.25) is 0 Å². The van der Waals surface area contributed by atoms with Gasteiger partial charge in [0, 0.05) is 6.54 Å². The molecular formula is C21H36N2O. The fraction of sp³-hybridized carbons (Fsp3) is 0.571. The van der Waals surface area contributed by atoms with Gasteiger partial charge in [0.2, 0.25) is 0 Å². The summed E-state index contributed by atoms with van der Waals surface area (Å²) in [6.45, 7) is 11.3.